The second kappa shape index (κ2) is 9.23. The molecule has 0 aromatic heterocycles. The van der Waals surface area contributed by atoms with Gasteiger partial charge in [-0.05, 0) is 50.5 Å². The molecule has 0 spiro atoms. The van der Waals surface area contributed by atoms with Gasteiger partial charge in [-0.2, -0.15) is 0 Å². The van der Waals surface area contributed by atoms with E-state index in [9.17, 15) is 4.79 Å². The van der Waals surface area contributed by atoms with Crippen LogP contribution in [0.4, 0.5) is 10.5 Å². The molecule has 2 heterocycles. The minimum absolute atomic E-state index is 0.0893. The third-order valence-corrected chi connectivity index (χ3v) is 6.70. The fourth-order valence-electron chi connectivity index (χ4n) is 4.92. The lowest BCUT2D eigenvalue weighted by Crippen LogP contribution is -2.47. The second-order valence-electron chi connectivity index (χ2n) is 9.12. The van der Waals surface area contributed by atoms with E-state index < -0.39 is 0 Å². The van der Waals surface area contributed by atoms with Crippen molar-refractivity contribution in [1.29, 1.82) is 0 Å². The number of ether oxygens (including phenoxy) is 1. The van der Waals surface area contributed by atoms with Crippen LogP contribution in [0.5, 0.6) is 11.5 Å². The number of hydrogen-bond acceptors (Lipinski definition) is 4. The largest absolute Gasteiger partial charge is 0.454 e. The number of amidine groups is 1. The van der Waals surface area contributed by atoms with Crippen molar-refractivity contribution in [3.05, 3.63) is 53.6 Å². The summed E-state index contributed by atoms with van der Waals surface area (Å²) in [4.78, 5) is 22.3. The van der Waals surface area contributed by atoms with Crippen molar-refractivity contribution in [1.82, 2.24) is 15.1 Å². The molecule has 5 rings (SSSR count). The van der Waals surface area contributed by atoms with E-state index in [4.69, 9.17) is 9.73 Å². The van der Waals surface area contributed by atoms with Gasteiger partial charge in [0.25, 0.3) is 0 Å². The molecule has 168 valence electrons. The van der Waals surface area contributed by atoms with Crippen molar-refractivity contribution in [2.75, 3.05) is 26.2 Å². The van der Waals surface area contributed by atoms with Crippen molar-refractivity contribution >= 4 is 17.6 Å². The number of aryl methyl sites for hydroxylation is 1. The van der Waals surface area contributed by atoms with Crippen molar-refractivity contribution in [2.45, 2.75) is 51.5 Å². The SMILES string of the molecule is Cc1ccc2c(c1)C(N1CCCN(C(=O)NC3CCCCC3)CC1)=Nc1ccccc1O2. The number of aliphatic imine (C=N–C) groups is 1. The Labute approximate surface area is 190 Å². The van der Waals surface area contributed by atoms with Crippen LogP contribution >= 0.6 is 0 Å². The van der Waals surface area contributed by atoms with Gasteiger partial charge in [-0.1, -0.05) is 43.0 Å². The van der Waals surface area contributed by atoms with E-state index in [1.807, 2.05) is 35.2 Å². The Morgan fingerprint density at radius 1 is 0.969 bits per heavy atom. The lowest BCUT2D eigenvalue weighted by molar-refractivity contribution is 0.192. The number of carbonyl (C=O) groups is 1. The summed E-state index contributed by atoms with van der Waals surface area (Å²) < 4.78 is 6.24. The molecular weight excluding hydrogens is 400 g/mol. The smallest absolute Gasteiger partial charge is 0.317 e. The van der Waals surface area contributed by atoms with Gasteiger partial charge in [-0.25, -0.2) is 9.79 Å². The second-order valence-corrected chi connectivity index (χ2v) is 9.12. The normalized spacial score (nSPS) is 19.1. The van der Waals surface area contributed by atoms with Gasteiger partial charge in [0.1, 0.15) is 17.3 Å². The van der Waals surface area contributed by atoms with Gasteiger partial charge in [0, 0.05) is 32.2 Å². The molecule has 2 fully saturated rings. The summed E-state index contributed by atoms with van der Waals surface area (Å²) in [5.74, 6) is 2.54. The average Bonchev–Trinajstić information content (AvgIpc) is 3.15. The van der Waals surface area contributed by atoms with Gasteiger partial charge in [0.15, 0.2) is 5.75 Å². The summed E-state index contributed by atoms with van der Waals surface area (Å²) in [5, 5.41) is 3.28. The fraction of sp³-hybridized carbons (Fsp3) is 0.462. The molecule has 2 aromatic rings. The Morgan fingerprint density at radius 2 is 1.81 bits per heavy atom. The summed E-state index contributed by atoms with van der Waals surface area (Å²) in [5.41, 5.74) is 3.03. The molecule has 1 saturated heterocycles. The number of urea groups is 1. The number of rotatable bonds is 1. The third-order valence-electron chi connectivity index (χ3n) is 6.70. The Bertz CT molecular complexity index is 1010. The Kier molecular flexibility index (Phi) is 6.02. The van der Waals surface area contributed by atoms with Crippen LogP contribution in [0.25, 0.3) is 0 Å². The van der Waals surface area contributed by atoms with Crippen LogP contribution in [-0.4, -0.2) is 53.9 Å². The quantitative estimate of drug-likeness (QED) is 0.671. The first-order valence-electron chi connectivity index (χ1n) is 11.9. The maximum atomic E-state index is 12.9. The van der Waals surface area contributed by atoms with Crippen molar-refractivity contribution < 1.29 is 9.53 Å². The first kappa shape index (κ1) is 20.9. The number of benzene rings is 2. The standard InChI is InChI=1S/C26H32N4O2/c1-19-12-13-23-21(18-19)25(28-22-10-5-6-11-24(22)32-23)29-14-7-15-30(17-16-29)26(31)27-20-8-3-2-4-9-20/h5-6,10-13,18,20H,2-4,7-9,14-17H2,1H3,(H,27,31). The van der Waals surface area contributed by atoms with E-state index in [0.717, 1.165) is 67.5 Å². The van der Waals surface area contributed by atoms with E-state index >= 15 is 0 Å². The van der Waals surface area contributed by atoms with E-state index in [2.05, 4.69) is 29.3 Å². The highest BCUT2D eigenvalue weighted by Crippen LogP contribution is 2.38. The third kappa shape index (κ3) is 4.45. The zero-order valence-corrected chi connectivity index (χ0v) is 18.8. The highest BCUT2D eigenvalue weighted by Gasteiger charge is 2.27. The molecule has 1 saturated carbocycles. The first-order valence-corrected chi connectivity index (χ1v) is 11.9. The van der Waals surface area contributed by atoms with Gasteiger partial charge in [-0.15, -0.1) is 0 Å². The molecule has 3 aliphatic rings. The maximum Gasteiger partial charge on any atom is 0.317 e. The number of carbonyl (C=O) groups excluding carboxylic acids is 1. The van der Waals surface area contributed by atoms with Crippen LogP contribution in [0.15, 0.2) is 47.5 Å². The van der Waals surface area contributed by atoms with Crippen LogP contribution in [0.2, 0.25) is 0 Å². The molecular formula is C26H32N4O2. The van der Waals surface area contributed by atoms with Gasteiger partial charge in [0.2, 0.25) is 0 Å². The van der Waals surface area contributed by atoms with Crippen molar-refractivity contribution in [3.63, 3.8) is 0 Å². The summed E-state index contributed by atoms with van der Waals surface area (Å²) >= 11 is 0. The number of para-hydroxylation sites is 2. The molecule has 0 atom stereocenters. The molecule has 1 N–H and O–H groups in total. The fourth-order valence-corrected chi connectivity index (χ4v) is 4.92. The molecule has 2 aromatic carbocycles. The molecule has 2 aliphatic heterocycles. The maximum absolute atomic E-state index is 12.9. The van der Waals surface area contributed by atoms with Crippen LogP contribution in [0.3, 0.4) is 0 Å². The average molecular weight is 433 g/mol. The lowest BCUT2D eigenvalue weighted by atomic mass is 9.96. The molecule has 6 nitrogen and oxygen atoms in total. The molecule has 0 bridgehead atoms. The highest BCUT2D eigenvalue weighted by molar-refractivity contribution is 6.04. The lowest BCUT2D eigenvalue weighted by Gasteiger charge is -2.28. The molecule has 32 heavy (non-hydrogen) atoms. The van der Waals surface area contributed by atoms with E-state index in [1.54, 1.807) is 0 Å². The van der Waals surface area contributed by atoms with Crippen molar-refractivity contribution in [3.8, 4) is 11.5 Å². The van der Waals surface area contributed by atoms with E-state index in [-0.39, 0.29) is 6.03 Å². The van der Waals surface area contributed by atoms with E-state index in [0.29, 0.717) is 12.6 Å². The summed E-state index contributed by atoms with van der Waals surface area (Å²) in [6.07, 6.45) is 6.87. The summed E-state index contributed by atoms with van der Waals surface area (Å²) in [7, 11) is 0. The monoisotopic (exact) mass is 432 g/mol. The highest BCUT2D eigenvalue weighted by atomic mass is 16.5. The molecule has 0 radical (unpaired) electrons. The molecule has 6 heteroatoms. The zero-order chi connectivity index (χ0) is 21.9. The predicted octanol–water partition coefficient (Wildman–Crippen LogP) is 5.23. The topological polar surface area (TPSA) is 57.2 Å². The number of nitrogens with zero attached hydrogens (tertiary/aromatic N) is 3. The molecule has 0 unspecified atom stereocenters. The zero-order valence-electron chi connectivity index (χ0n) is 18.8. The molecule has 1 aliphatic carbocycles. The summed E-state index contributed by atoms with van der Waals surface area (Å²) in [6.45, 7) is 5.18. The minimum Gasteiger partial charge on any atom is -0.454 e. The van der Waals surface area contributed by atoms with Crippen LogP contribution < -0.4 is 10.1 Å². The molecule has 2 amide bonds. The number of nitrogens with one attached hydrogen (secondary N) is 1. The van der Waals surface area contributed by atoms with Gasteiger partial charge < -0.3 is 19.9 Å². The van der Waals surface area contributed by atoms with Gasteiger partial charge in [0.05, 0.1) is 5.56 Å². The first-order chi connectivity index (χ1) is 15.7. The Morgan fingerprint density at radius 3 is 2.69 bits per heavy atom. The number of fused-ring (bicyclic) bond motifs is 2. The van der Waals surface area contributed by atoms with E-state index in [1.165, 1.54) is 24.8 Å². The predicted molar refractivity (Wildman–Crippen MR) is 127 cm³/mol. The Hall–Kier alpha value is -3.02. The van der Waals surface area contributed by atoms with Crippen LogP contribution in [0.1, 0.15) is 49.7 Å². The number of amides is 2. The van der Waals surface area contributed by atoms with Gasteiger partial charge in [-0.3, -0.25) is 0 Å². The number of hydrogen-bond donors (Lipinski definition) is 1. The summed E-state index contributed by atoms with van der Waals surface area (Å²) in [6, 6.07) is 14.6. The van der Waals surface area contributed by atoms with Crippen molar-refractivity contribution in [2.24, 2.45) is 4.99 Å². The van der Waals surface area contributed by atoms with Crippen LogP contribution in [-0.2, 0) is 0 Å². The van der Waals surface area contributed by atoms with Gasteiger partial charge >= 0.3 is 6.03 Å². The Balaban J connectivity index is 1.36. The minimum atomic E-state index is 0.0893. The van der Waals surface area contributed by atoms with Crippen LogP contribution in [0, 0.1) is 6.92 Å².